The minimum atomic E-state index is -0.0883. The third-order valence-corrected chi connectivity index (χ3v) is 5.34. The number of nitrogens with zero attached hydrogens (tertiary/aromatic N) is 5. The lowest BCUT2D eigenvalue weighted by molar-refractivity contribution is 0.0389. The van der Waals surface area contributed by atoms with E-state index >= 15 is 0 Å². The topological polar surface area (TPSA) is 98.1 Å². The minimum absolute atomic E-state index is 0.0883. The molecule has 0 spiro atoms. The second-order valence-electron chi connectivity index (χ2n) is 7.73. The Morgan fingerprint density at radius 3 is 2.62 bits per heavy atom. The average molecular weight is 446 g/mol. The van der Waals surface area contributed by atoms with E-state index in [0.29, 0.717) is 13.1 Å². The zero-order valence-corrected chi connectivity index (χ0v) is 19.5. The molecular formula is C22H35N7O3. The maximum absolute atomic E-state index is 6.05. The summed E-state index contributed by atoms with van der Waals surface area (Å²) in [5, 5.41) is 15.1. The molecule has 0 bridgehead atoms. The van der Waals surface area contributed by atoms with Crippen molar-refractivity contribution in [3.8, 4) is 11.5 Å². The number of aliphatic imine (C=N–C) groups is 1. The summed E-state index contributed by atoms with van der Waals surface area (Å²) in [4.78, 5) is 7.09. The summed E-state index contributed by atoms with van der Waals surface area (Å²) < 4.78 is 18.8. The molecule has 0 radical (unpaired) electrons. The monoisotopic (exact) mass is 445 g/mol. The van der Waals surface area contributed by atoms with Gasteiger partial charge in [0.25, 0.3) is 0 Å². The lowest BCUT2D eigenvalue weighted by atomic mass is 10.3. The molecule has 1 aromatic heterocycles. The van der Waals surface area contributed by atoms with Crippen molar-refractivity contribution in [3.63, 3.8) is 0 Å². The quantitative estimate of drug-likeness (QED) is 0.412. The Balaban J connectivity index is 1.56. The fourth-order valence-electron chi connectivity index (χ4n) is 3.28. The van der Waals surface area contributed by atoms with Gasteiger partial charge in [-0.2, -0.15) is 0 Å². The summed E-state index contributed by atoms with van der Waals surface area (Å²) in [5.74, 6) is 3.83. The molecule has 1 aromatic carbocycles. The number of methoxy groups -OCH3 is 1. The van der Waals surface area contributed by atoms with Crippen LogP contribution >= 0.6 is 0 Å². The summed E-state index contributed by atoms with van der Waals surface area (Å²) in [7, 11) is 3.59. The predicted molar refractivity (Wildman–Crippen MR) is 123 cm³/mol. The van der Waals surface area contributed by atoms with E-state index in [1.165, 1.54) is 0 Å². The molecule has 1 unspecified atom stereocenters. The highest BCUT2D eigenvalue weighted by Gasteiger charge is 2.12. The van der Waals surface area contributed by atoms with Crippen LogP contribution in [0.1, 0.15) is 18.6 Å². The summed E-state index contributed by atoms with van der Waals surface area (Å²) in [6, 6.07) is 7.65. The Morgan fingerprint density at radius 2 is 1.94 bits per heavy atom. The molecule has 2 heterocycles. The number of hydrogen-bond donors (Lipinski definition) is 2. The van der Waals surface area contributed by atoms with Gasteiger partial charge < -0.3 is 29.4 Å². The van der Waals surface area contributed by atoms with Gasteiger partial charge in [0.2, 0.25) is 0 Å². The number of ether oxygens (including phenoxy) is 3. The Morgan fingerprint density at radius 1 is 1.19 bits per heavy atom. The van der Waals surface area contributed by atoms with Crippen LogP contribution in [0.25, 0.3) is 0 Å². The van der Waals surface area contributed by atoms with E-state index in [2.05, 4.69) is 25.7 Å². The molecule has 0 aliphatic carbocycles. The number of benzene rings is 1. The van der Waals surface area contributed by atoms with Crippen molar-refractivity contribution < 1.29 is 14.2 Å². The van der Waals surface area contributed by atoms with E-state index in [1.54, 1.807) is 7.11 Å². The number of aromatic nitrogens is 3. The van der Waals surface area contributed by atoms with Crippen LogP contribution in [0.3, 0.4) is 0 Å². The maximum atomic E-state index is 6.05. The van der Waals surface area contributed by atoms with E-state index in [9.17, 15) is 0 Å². The van der Waals surface area contributed by atoms with Gasteiger partial charge in [0.1, 0.15) is 18.5 Å². The van der Waals surface area contributed by atoms with E-state index in [0.717, 1.165) is 68.5 Å². The number of nitrogens with one attached hydrogen (secondary N) is 2. The number of hydrogen-bond acceptors (Lipinski definition) is 7. The first-order valence-electron chi connectivity index (χ1n) is 11.0. The van der Waals surface area contributed by atoms with Gasteiger partial charge in [-0.05, 0) is 26.0 Å². The average Bonchev–Trinajstić information content (AvgIpc) is 3.13. The van der Waals surface area contributed by atoms with Crippen LogP contribution in [0.2, 0.25) is 0 Å². The molecule has 0 saturated carbocycles. The molecular weight excluding hydrogens is 410 g/mol. The van der Waals surface area contributed by atoms with Gasteiger partial charge in [-0.15, -0.1) is 10.2 Å². The lowest BCUT2D eigenvalue weighted by Crippen LogP contribution is -2.46. The fraction of sp³-hybridized carbons (Fsp3) is 0.591. The van der Waals surface area contributed by atoms with Crippen molar-refractivity contribution in [1.29, 1.82) is 0 Å². The van der Waals surface area contributed by atoms with Gasteiger partial charge in [0.05, 0.1) is 26.9 Å². The molecule has 10 heteroatoms. The zero-order valence-electron chi connectivity index (χ0n) is 19.5. The first kappa shape index (κ1) is 23.8. The van der Waals surface area contributed by atoms with Gasteiger partial charge in [-0.25, -0.2) is 4.99 Å². The van der Waals surface area contributed by atoms with Crippen LogP contribution in [0.4, 0.5) is 0 Å². The molecule has 1 saturated heterocycles. The summed E-state index contributed by atoms with van der Waals surface area (Å²) >= 11 is 0. The Labute approximate surface area is 190 Å². The minimum Gasteiger partial charge on any atom is -0.493 e. The maximum Gasteiger partial charge on any atom is 0.191 e. The molecule has 1 aliphatic rings. The fourth-order valence-corrected chi connectivity index (χ4v) is 3.28. The molecule has 176 valence electrons. The molecule has 1 atom stereocenters. The highest BCUT2D eigenvalue weighted by Crippen LogP contribution is 2.26. The Hall–Kier alpha value is -2.85. The molecule has 10 nitrogen and oxygen atoms in total. The standard InChI is InChI=1S/C22H35N7O3/c1-17(32-20-8-6-5-7-19(20)30-4)15-24-22(23-9-10-29-11-13-31-14-12-29)25-16-21-27-26-18(2)28(21)3/h5-8,17H,9-16H2,1-4H3,(H2,23,24,25). The van der Waals surface area contributed by atoms with E-state index in [1.807, 2.05) is 49.7 Å². The van der Waals surface area contributed by atoms with Crippen molar-refractivity contribution in [1.82, 2.24) is 30.3 Å². The van der Waals surface area contributed by atoms with Gasteiger partial charge in [-0.3, -0.25) is 4.90 Å². The molecule has 0 amide bonds. The third kappa shape index (κ3) is 7.10. The molecule has 1 aliphatic heterocycles. The van der Waals surface area contributed by atoms with Crippen molar-refractivity contribution in [2.75, 3.05) is 53.0 Å². The Kier molecular flexibility index (Phi) is 9.12. The summed E-state index contributed by atoms with van der Waals surface area (Å²) in [6.07, 6.45) is -0.0883. The first-order valence-corrected chi connectivity index (χ1v) is 11.0. The molecule has 1 fully saturated rings. The van der Waals surface area contributed by atoms with Crippen molar-refractivity contribution in [3.05, 3.63) is 35.9 Å². The predicted octanol–water partition coefficient (Wildman–Crippen LogP) is 0.967. The number of morpholine rings is 1. The van der Waals surface area contributed by atoms with Crippen molar-refractivity contribution in [2.45, 2.75) is 26.5 Å². The normalized spacial score (nSPS) is 15.9. The van der Waals surface area contributed by atoms with Crippen LogP contribution < -0.4 is 20.1 Å². The second kappa shape index (κ2) is 12.3. The van der Waals surface area contributed by atoms with E-state index in [-0.39, 0.29) is 6.10 Å². The van der Waals surface area contributed by atoms with Gasteiger partial charge in [0.15, 0.2) is 23.3 Å². The van der Waals surface area contributed by atoms with Gasteiger partial charge >= 0.3 is 0 Å². The number of para-hydroxylation sites is 2. The largest absolute Gasteiger partial charge is 0.493 e. The number of guanidine groups is 1. The number of aryl methyl sites for hydroxylation is 1. The van der Waals surface area contributed by atoms with Crippen LogP contribution in [0.15, 0.2) is 29.3 Å². The molecule has 2 aromatic rings. The van der Waals surface area contributed by atoms with Crippen molar-refractivity contribution in [2.24, 2.45) is 12.0 Å². The zero-order chi connectivity index (χ0) is 22.8. The van der Waals surface area contributed by atoms with Crippen LogP contribution in [-0.4, -0.2) is 84.8 Å². The summed E-state index contributed by atoms with van der Waals surface area (Å²) in [5.41, 5.74) is 0. The van der Waals surface area contributed by atoms with Gasteiger partial charge in [0, 0.05) is 33.2 Å². The highest BCUT2D eigenvalue weighted by atomic mass is 16.5. The second-order valence-corrected chi connectivity index (χ2v) is 7.73. The molecule has 3 rings (SSSR count). The first-order chi connectivity index (χ1) is 15.6. The molecule has 32 heavy (non-hydrogen) atoms. The lowest BCUT2D eigenvalue weighted by Gasteiger charge is -2.27. The van der Waals surface area contributed by atoms with Crippen LogP contribution in [0.5, 0.6) is 11.5 Å². The van der Waals surface area contributed by atoms with Gasteiger partial charge in [-0.1, -0.05) is 12.1 Å². The third-order valence-electron chi connectivity index (χ3n) is 5.34. The molecule has 2 N–H and O–H groups in total. The van der Waals surface area contributed by atoms with Crippen LogP contribution in [-0.2, 0) is 18.3 Å². The SMILES string of the molecule is COc1ccccc1OC(C)CNC(=NCc1nnc(C)n1C)NCCN1CCOCC1. The highest BCUT2D eigenvalue weighted by molar-refractivity contribution is 5.79. The van der Waals surface area contributed by atoms with E-state index < -0.39 is 0 Å². The van der Waals surface area contributed by atoms with Crippen molar-refractivity contribution >= 4 is 5.96 Å². The Bertz CT molecular complexity index is 865. The van der Waals surface area contributed by atoms with Crippen LogP contribution in [0, 0.1) is 6.92 Å². The van der Waals surface area contributed by atoms with E-state index in [4.69, 9.17) is 19.2 Å². The number of rotatable bonds is 10. The smallest absolute Gasteiger partial charge is 0.191 e. The summed E-state index contributed by atoms with van der Waals surface area (Å²) in [6.45, 7) is 10.2.